The molecule has 0 saturated carbocycles. The molecule has 0 radical (unpaired) electrons. The Bertz CT molecular complexity index is 391. The topological polar surface area (TPSA) is 46.9 Å². The van der Waals surface area contributed by atoms with E-state index >= 15 is 0 Å². The predicted molar refractivity (Wildman–Crippen MR) is 64.8 cm³/mol. The van der Waals surface area contributed by atoms with Crippen molar-refractivity contribution in [1.82, 2.24) is 15.1 Å². The summed E-state index contributed by atoms with van der Waals surface area (Å²) in [6, 6.07) is 1.86. The molecule has 1 heterocycles. The summed E-state index contributed by atoms with van der Waals surface area (Å²) in [5.41, 5.74) is 0.748. The molecule has 0 spiro atoms. The average molecular weight is 221 g/mol. The number of nitrogens with one attached hydrogen (secondary N) is 1. The lowest BCUT2D eigenvalue weighted by Crippen LogP contribution is -2.41. The minimum Gasteiger partial charge on any atom is -0.348 e. The molecule has 0 aliphatic rings. The summed E-state index contributed by atoms with van der Waals surface area (Å²) in [5, 5.41) is 6.95. The van der Waals surface area contributed by atoms with Crippen LogP contribution in [0.15, 0.2) is 18.3 Å². The minimum absolute atomic E-state index is 0.0759. The molecule has 1 rings (SSSR count). The molecule has 0 bridgehead atoms. The van der Waals surface area contributed by atoms with Crippen molar-refractivity contribution >= 4 is 12.0 Å². The zero-order valence-electron chi connectivity index (χ0n) is 10.3. The molecule has 0 aliphatic carbocycles. The molecule has 0 aromatic carbocycles. The second-order valence-corrected chi connectivity index (χ2v) is 4.44. The van der Waals surface area contributed by atoms with Gasteiger partial charge in [-0.05, 0) is 32.4 Å². The quantitative estimate of drug-likeness (QED) is 0.787. The van der Waals surface area contributed by atoms with Crippen LogP contribution in [-0.4, -0.2) is 21.2 Å². The third-order valence-corrected chi connectivity index (χ3v) is 2.61. The van der Waals surface area contributed by atoms with E-state index in [9.17, 15) is 4.79 Å². The highest BCUT2D eigenvalue weighted by atomic mass is 16.1. The molecular formula is C12H19N3O. The van der Waals surface area contributed by atoms with Crippen LogP contribution in [0.3, 0.4) is 0 Å². The number of hydrogen-bond donors (Lipinski definition) is 1. The lowest BCUT2D eigenvalue weighted by molar-refractivity contribution is -0.117. The summed E-state index contributed by atoms with van der Waals surface area (Å²) in [6.45, 7) is 6.05. The van der Waals surface area contributed by atoms with Gasteiger partial charge in [-0.15, -0.1) is 0 Å². The monoisotopic (exact) mass is 221 g/mol. The Morgan fingerprint density at radius 1 is 1.62 bits per heavy atom. The maximum absolute atomic E-state index is 11.6. The van der Waals surface area contributed by atoms with Crippen LogP contribution in [-0.2, 0) is 11.8 Å². The molecule has 0 unspecified atom stereocenters. The summed E-state index contributed by atoms with van der Waals surface area (Å²) in [5.74, 6) is -0.0759. The molecule has 1 N–H and O–H groups in total. The van der Waals surface area contributed by atoms with E-state index < -0.39 is 0 Å². The van der Waals surface area contributed by atoms with Gasteiger partial charge in [-0.1, -0.05) is 6.92 Å². The van der Waals surface area contributed by atoms with Crippen molar-refractivity contribution < 1.29 is 4.79 Å². The highest BCUT2D eigenvalue weighted by molar-refractivity contribution is 5.91. The first-order valence-corrected chi connectivity index (χ1v) is 5.43. The average Bonchev–Trinajstić information content (AvgIpc) is 2.60. The molecule has 1 amide bonds. The van der Waals surface area contributed by atoms with Gasteiger partial charge in [0.1, 0.15) is 0 Å². The van der Waals surface area contributed by atoms with Crippen LogP contribution in [0, 0.1) is 0 Å². The van der Waals surface area contributed by atoms with Crippen LogP contribution >= 0.6 is 0 Å². The lowest BCUT2D eigenvalue weighted by Gasteiger charge is -2.23. The molecular weight excluding hydrogens is 202 g/mol. The predicted octanol–water partition coefficient (Wildman–Crippen LogP) is 1.74. The smallest absolute Gasteiger partial charge is 0.244 e. The molecule has 16 heavy (non-hydrogen) atoms. The van der Waals surface area contributed by atoms with Crippen LogP contribution in [0.5, 0.6) is 0 Å². The molecule has 1 aromatic heterocycles. The van der Waals surface area contributed by atoms with Crippen LogP contribution in [0.25, 0.3) is 6.08 Å². The van der Waals surface area contributed by atoms with E-state index in [0.717, 1.165) is 12.1 Å². The van der Waals surface area contributed by atoms with Gasteiger partial charge in [-0.3, -0.25) is 9.48 Å². The fourth-order valence-corrected chi connectivity index (χ4v) is 1.17. The van der Waals surface area contributed by atoms with E-state index in [2.05, 4.69) is 10.4 Å². The van der Waals surface area contributed by atoms with E-state index in [1.54, 1.807) is 17.0 Å². The molecule has 0 aliphatic heterocycles. The number of nitrogens with zero attached hydrogens (tertiary/aromatic N) is 2. The second-order valence-electron chi connectivity index (χ2n) is 4.44. The third-order valence-electron chi connectivity index (χ3n) is 2.61. The number of amides is 1. The van der Waals surface area contributed by atoms with Crippen molar-refractivity contribution in [1.29, 1.82) is 0 Å². The Balaban J connectivity index is 2.59. The van der Waals surface area contributed by atoms with Crippen molar-refractivity contribution in [2.45, 2.75) is 32.7 Å². The first-order valence-electron chi connectivity index (χ1n) is 5.43. The van der Waals surface area contributed by atoms with Gasteiger partial charge in [-0.25, -0.2) is 0 Å². The normalized spacial score (nSPS) is 12.0. The Labute approximate surface area is 96.3 Å². The standard InChI is InChI=1S/C12H19N3O/c1-5-12(2,3)14-11(16)7-6-10-8-9-13-15(10)4/h6-9H,5H2,1-4H3,(H,14,16)/b7-6+. The SMILES string of the molecule is CCC(C)(C)NC(=O)/C=C/c1ccnn1C. The van der Waals surface area contributed by atoms with Gasteiger partial charge in [-0.2, -0.15) is 5.10 Å². The summed E-state index contributed by atoms with van der Waals surface area (Å²) in [4.78, 5) is 11.6. The fourth-order valence-electron chi connectivity index (χ4n) is 1.17. The zero-order chi connectivity index (χ0) is 12.2. The van der Waals surface area contributed by atoms with Crippen molar-refractivity contribution in [3.63, 3.8) is 0 Å². The first kappa shape index (κ1) is 12.5. The van der Waals surface area contributed by atoms with Gasteiger partial charge in [0.25, 0.3) is 0 Å². The van der Waals surface area contributed by atoms with Crippen molar-refractivity contribution in [2.75, 3.05) is 0 Å². The van der Waals surface area contributed by atoms with Crippen molar-refractivity contribution in [2.24, 2.45) is 7.05 Å². The van der Waals surface area contributed by atoms with Crippen LogP contribution in [0.4, 0.5) is 0 Å². The molecule has 1 aromatic rings. The van der Waals surface area contributed by atoms with Gasteiger partial charge in [0, 0.05) is 24.9 Å². The summed E-state index contributed by atoms with van der Waals surface area (Å²) >= 11 is 0. The molecule has 0 saturated heterocycles. The zero-order valence-corrected chi connectivity index (χ0v) is 10.3. The summed E-state index contributed by atoms with van der Waals surface area (Å²) in [6.07, 6.45) is 5.90. The number of aromatic nitrogens is 2. The Kier molecular flexibility index (Phi) is 3.88. The molecule has 0 fully saturated rings. The highest BCUT2D eigenvalue weighted by Gasteiger charge is 2.15. The Morgan fingerprint density at radius 3 is 2.81 bits per heavy atom. The van der Waals surface area contributed by atoms with Crippen molar-refractivity contribution in [3.05, 3.63) is 24.0 Å². The van der Waals surface area contributed by atoms with Gasteiger partial charge in [0.05, 0.1) is 5.69 Å². The second kappa shape index (κ2) is 4.96. The first-order chi connectivity index (χ1) is 7.44. The van der Waals surface area contributed by atoms with Gasteiger partial charge in [0.2, 0.25) is 5.91 Å². The van der Waals surface area contributed by atoms with Crippen LogP contribution in [0.1, 0.15) is 32.9 Å². The number of aryl methyl sites for hydroxylation is 1. The van der Waals surface area contributed by atoms with Crippen LogP contribution < -0.4 is 5.32 Å². The largest absolute Gasteiger partial charge is 0.348 e. The number of carbonyl (C=O) groups excluding carboxylic acids is 1. The highest BCUT2D eigenvalue weighted by Crippen LogP contribution is 2.07. The van der Waals surface area contributed by atoms with Gasteiger partial charge >= 0.3 is 0 Å². The maximum atomic E-state index is 11.6. The van der Waals surface area contributed by atoms with E-state index in [-0.39, 0.29) is 11.4 Å². The third kappa shape index (κ3) is 3.53. The number of rotatable bonds is 4. The van der Waals surface area contributed by atoms with E-state index in [1.807, 2.05) is 33.9 Å². The summed E-state index contributed by atoms with van der Waals surface area (Å²) in [7, 11) is 1.84. The fraction of sp³-hybridized carbons (Fsp3) is 0.500. The summed E-state index contributed by atoms with van der Waals surface area (Å²) < 4.78 is 1.72. The molecule has 4 heteroatoms. The van der Waals surface area contributed by atoms with E-state index in [1.165, 1.54) is 6.08 Å². The van der Waals surface area contributed by atoms with Gasteiger partial charge < -0.3 is 5.32 Å². The molecule has 4 nitrogen and oxygen atoms in total. The molecule has 0 atom stereocenters. The lowest BCUT2D eigenvalue weighted by atomic mass is 10.0. The number of carbonyl (C=O) groups is 1. The van der Waals surface area contributed by atoms with Crippen molar-refractivity contribution in [3.8, 4) is 0 Å². The van der Waals surface area contributed by atoms with E-state index in [0.29, 0.717) is 0 Å². The Hall–Kier alpha value is -1.58. The maximum Gasteiger partial charge on any atom is 0.244 e. The minimum atomic E-state index is -0.159. The Morgan fingerprint density at radius 2 is 2.31 bits per heavy atom. The number of hydrogen-bond acceptors (Lipinski definition) is 2. The van der Waals surface area contributed by atoms with Gasteiger partial charge in [0.15, 0.2) is 0 Å². The van der Waals surface area contributed by atoms with Crippen LogP contribution in [0.2, 0.25) is 0 Å². The van der Waals surface area contributed by atoms with E-state index in [4.69, 9.17) is 0 Å². The molecule has 88 valence electrons.